The number of rotatable bonds is 1. The fourth-order valence-corrected chi connectivity index (χ4v) is 5.26. The Morgan fingerprint density at radius 3 is 2.26 bits per heavy atom. The predicted octanol–water partition coefficient (Wildman–Crippen LogP) is 5.33. The van der Waals surface area contributed by atoms with Gasteiger partial charge in [0.05, 0.1) is 39.2 Å². The molecule has 1 saturated heterocycles. The third-order valence-electron chi connectivity index (χ3n) is 5.17. The highest BCUT2D eigenvalue weighted by molar-refractivity contribution is 6.52. The number of methoxy groups -OCH3 is 1. The van der Waals surface area contributed by atoms with Crippen LogP contribution in [0.3, 0.4) is 0 Å². The maximum Gasteiger partial charge on any atom is 0.182 e. The lowest BCUT2D eigenvalue weighted by Crippen LogP contribution is -2.54. The monoisotopic (exact) mass is 394 g/mol. The highest BCUT2D eigenvalue weighted by Gasteiger charge is 2.62. The van der Waals surface area contributed by atoms with Crippen LogP contribution < -0.4 is 0 Å². The van der Waals surface area contributed by atoms with Gasteiger partial charge in [0.2, 0.25) is 0 Å². The van der Waals surface area contributed by atoms with Gasteiger partial charge in [0.1, 0.15) is 5.60 Å². The van der Waals surface area contributed by atoms with E-state index in [0.29, 0.717) is 29.7 Å². The third kappa shape index (κ3) is 1.90. The van der Waals surface area contributed by atoms with E-state index in [-0.39, 0.29) is 16.0 Å². The molecule has 1 fully saturated rings. The Morgan fingerprint density at radius 2 is 1.65 bits per heavy atom. The van der Waals surface area contributed by atoms with E-state index >= 15 is 0 Å². The molecule has 3 aliphatic carbocycles. The molecule has 124 valence electrons. The van der Waals surface area contributed by atoms with Crippen molar-refractivity contribution in [3.05, 3.63) is 42.9 Å². The van der Waals surface area contributed by atoms with Gasteiger partial charge in [-0.1, -0.05) is 52.5 Å². The summed E-state index contributed by atoms with van der Waals surface area (Å²) < 4.78 is 17.9. The molecule has 0 amide bonds. The molecule has 1 aliphatic heterocycles. The summed E-state index contributed by atoms with van der Waals surface area (Å²) in [4.78, 5) is 0. The Balaban J connectivity index is 2.10. The van der Waals surface area contributed by atoms with Crippen molar-refractivity contribution in [3.63, 3.8) is 0 Å². The molecule has 0 radical (unpaired) electrons. The van der Waals surface area contributed by atoms with Crippen LogP contribution in [-0.4, -0.2) is 26.1 Å². The lowest BCUT2D eigenvalue weighted by molar-refractivity contribution is -0.218. The summed E-state index contributed by atoms with van der Waals surface area (Å²) in [6.07, 6.45) is 2.58. The molecule has 2 atom stereocenters. The van der Waals surface area contributed by atoms with Crippen molar-refractivity contribution in [3.8, 4) is 0 Å². The fourth-order valence-electron chi connectivity index (χ4n) is 4.12. The minimum atomic E-state index is -0.799. The molecule has 4 aliphatic rings. The van der Waals surface area contributed by atoms with Crippen molar-refractivity contribution in [1.29, 1.82) is 0 Å². The average molecular weight is 396 g/mol. The maximum absolute atomic E-state index is 6.55. The van der Waals surface area contributed by atoms with Crippen molar-refractivity contribution in [2.24, 2.45) is 0 Å². The van der Waals surface area contributed by atoms with Gasteiger partial charge in [-0.3, -0.25) is 0 Å². The van der Waals surface area contributed by atoms with Gasteiger partial charge >= 0.3 is 0 Å². The summed E-state index contributed by atoms with van der Waals surface area (Å²) in [5.74, 6) is -0.996. The highest BCUT2D eigenvalue weighted by Crippen LogP contribution is 2.64. The summed E-state index contributed by atoms with van der Waals surface area (Å²) in [5.41, 5.74) is 1.81. The van der Waals surface area contributed by atoms with Crippen molar-refractivity contribution in [2.45, 2.75) is 30.7 Å². The van der Waals surface area contributed by atoms with Crippen LogP contribution in [0.5, 0.6) is 0 Å². The Hall–Kier alpha value is -0.000000000000000111. The Bertz CT molecular complexity index is 740. The summed E-state index contributed by atoms with van der Waals surface area (Å²) in [6, 6.07) is 0. The second kappa shape index (κ2) is 5.25. The van der Waals surface area contributed by atoms with Crippen LogP contribution in [-0.2, 0) is 19.8 Å². The van der Waals surface area contributed by atoms with Crippen LogP contribution in [0.1, 0.15) is 30.4 Å². The zero-order valence-electron chi connectivity index (χ0n) is 12.5. The quantitative estimate of drug-likeness (QED) is 0.365. The van der Waals surface area contributed by atoms with Crippen LogP contribution in [0.15, 0.2) is 11.6 Å². The van der Waals surface area contributed by atoms with Crippen molar-refractivity contribution in [1.82, 2.24) is 0 Å². The standard InChI is InChI=1S/C16H14Cl4O3/c1-7-5-8-9-10(12(18)14(20)13(19)11(9)17)15(7,21-2)6-16(8)22-3-4-23-16/h5,8H,3-4,6H2,1-2H3/t8-,15-/m0/s1. The molecular weight excluding hydrogens is 382 g/mol. The van der Waals surface area contributed by atoms with Gasteiger partial charge in [-0.15, -0.1) is 0 Å². The molecule has 2 bridgehead atoms. The number of hydrogen-bond donors (Lipinski definition) is 0. The first-order chi connectivity index (χ1) is 10.9. The smallest absolute Gasteiger partial charge is 0.182 e. The summed E-state index contributed by atoms with van der Waals surface area (Å²) in [5, 5.41) is 1.25. The number of ether oxygens (including phenoxy) is 3. The summed E-state index contributed by atoms with van der Waals surface area (Å²) >= 11 is 25.7. The minimum Gasteiger partial charge on any atom is -0.369 e. The zero-order chi connectivity index (χ0) is 16.6. The SMILES string of the molecule is CO[C@@]12CC3(OCCO3)[C@@H](C=C1C)c1c(Cl)c(Cl)c(Cl)c(Cl)c12. The van der Waals surface area contributed by atoms with Gasteiger partial charge < -0.3 is 14.2 Å². The fraction of sp³-hybridized carbons (Fsp3) is 0.500. The molecular formula is C16H14Cl4O3. The second-order valence-corrected chi connectivity index (χ2v) is 7.60. The number of hydrogen-bond acceptors (Lipinski definition) is 3. The van der Waals surface area contributed by atoms with E-state index in [0.717, 1.165) is 16.7 Å². The number of benzene rings is 1. The molecule has 7 heteroatoms. The number of halogens is 4. The lowest BCUT2D eigenvalue weighted by Gasteiger charge is -2.54. The van der Waals surface area contributed by atoms with Crippen LogP contribution in [0.2, 0.25) is 20.1 Å². The Kier molecular flexibility index (Phi) is 3.76. The van der Waals surface area contributed by atoms with Gasteiger partial charge in [-0.2, -0.15) is 0 Å². The van der Waals surface area contributed by atoms with Gasteiger partial charge in [0, 0.05) is 19.1 Å². The normalized spacial score (nSPS) is 30.7. The first kappa shape index (κ1) is 16.5. The third-order valence-corrected chi connectivity index (χ3v) is 6.98. The van der Waals surface area contributed by atoms with E-state index in [1.807, 2.05) is 6.92 Å². The lowest BCUT2D eigenvalue weighted by atomic mass is 9.61. The molecule has 0 aromatic heterocycles. The van der Waals surface area contributed by atoms with Crippen molar-refractivity contribution in [2.75, 3.05) is 20.3 Å². The molecule has 1 spiro atoms. The molecule has 3 nitrogen and oxygen atoms in total. The first-order valence-corrected chi connectivity index (χ1v) is 8.77. The van der Waals surface area contributed by atoms with Crippen LogP contribution in [0.4, 0.5) is 0 Å². The zero-order valence-corrected chi connectivity index (χ0v) is 15.5. The maximum atomic E-state index is 6.55. The van der Waals surface area contributed by atoms with Gasteiger partial charge in [0.15, 0.2) is 5.79 Å². The topological polar surface area (TPSA) is 27.7 Å². The van der Waals surface area contributed by atoms with Gasteiger partial charge in [-0.05, 0) is 18.1 Å². The van der Waals surface area contributed by atoms with E-state index in [1.54, 1.807) is 7.11 Å². The van der Waals surface area contributed by atoms with Crippen LogP contribution >= 0.6 is 46.4 Å². The molecule has 0 N–H and O–H groups in total. The first-order valence-electron chi connectivity index (χ1n) is 7.26. The molecule has 5 rings (SSSR count). The molecule has 1 heterocycles. The Labute approximate surface area is 154 Å². The largest absolute Gasteiger partial charge is 0.369 e. The van der Waals surface area contributed by atoms with Crippen LogP contribution in [0, 0.1) is 0 Å². The van der Waals surface area contributed by atoms with E-state index < -0.39 is 11.4 Å². The Morgan fingerprint density at radius 1 is 1.04 bits per heavy atom. The van der Waals surface area contributed by atoms with E-state index in [1.165, 1.54) is 0 Å². The summed E-state index contributed by atoms with van der Waals surface area (Å²) in [7, 11) is 1.64. The van der Waals surface area contributed by atoms with Crippen molar-refractivity contribution < 1.29 is 14.2 Å². The molecule has 23 heavy (non-hydrogen) atoms. The predicted molar refractivity (Wildman–Crippen MR) is 90.9 cm³/mol. The van der Waals surface area contributed by atoms with E-state index in [9.17, 15) is 0 Å². The van der Waals surface area contributed by atoms with Gasteiger partial charge in [0.25, 0.3) is 0 Å². The summed E-state index contributed by atoms with van der Waals surface area (Å²) in [6.45, 7) is 3.07. The highest BCUT2D eigenvalue weighted by atomic mass is 35.5. The molecule has 1 aromatic carbocycles. The van der Waals surface area contributed by atoms with Crippen LogP contribution in [0.25, 0.3) is 0 Å². The average Bonchev–Trinajstić information content (AvgIpc) is 3.00. The second-order valence-electron chi connectivity index (χ2n) is 6.09. The molecule has 0 unspecified atom stereocenters. The van der Waals surface area contributed by atoms with Gasteiger partial charge in [-0.25, -0.2) is 0 Å². The minimum absolute atomic E-state index is 0.197. The van der Waals surface area contributed by atoms with Crippen molar-refractivity contribution >= 4 is 46.4 Å². The molecule has 0 saturated carbocycles. The molecule has 1 aromatic rings. The van der Waals surface area contributed by atoms with E-state index in [2.05, 4.69) is 6.08 Å². The van der Waals surface area contributed by atoms with E-state index in [4.69, 9.17) is 60.6 Å².